The Labute approximate surface area is 134 Å². The van der Waals surface area contributed by atoms with Crippen LogP contribution in [0.2, 0.25) is 5.02 Å². The van der Waals surface area contributed by atoms with E-state index in [0.29, 0.717) is 0 Å². The van der Waals surface area contributed by atoms with Crippen LogP contribution in [0.3, 0.4) is 0 Å². The van der Waals surface area contributed by atoms with Crippen LogP contribution in [0.25, 0.3) is 0 Å². The molecular weight excluding hydrogens is 337 g/mol. The number of benzene rings is 1. The van der Waals surface area contributed by atoms with E-state index in [-0.39, 0.29) is 41.4 Å². The molecule has 1 aromatic carbocycles. The van der Waals surface area contributed by atoms with Crippen LogP contribution in [0.4, 0.5) is 30.6 Å². The molecule has 0 aliphatic heterocycles. The van der Waals surface area contributed by atoms with Crippen molar-refractivity contribution in [3.63, 3.8) is 0 Å². The number of anilines is 3. The van der Waals surface area contributed by atoms with E-state index in [1.807, 2.05) is 0 Å². The molecule has 1 heterocycles. The van der Waals surface area contributed by atoms with Gasteiger partial charge in [-0.05, 0) is 12.1 Å². The summed E-state index contributed by atoms with van der Waals surface area (Å²) in [5.41, 5.74) is -0.880. The first-order valence-corrected chi connectivity index (χ1v) is 6.74. The predicted octanol–water partition coefficient (Wildman–Crippen LogP) is 3.00. The molecule has 0 aliphatic carbocycles. The number of phenolic OH excluding ortho intramolecular Hbond substituents is 1. The van der Waals surface area contributed by atoms with Gasteiger partial charge in [0, 0.05) is 18.7 Å². The van der Waals surface area contributed by atoms with E-state index >= 15 is 0 Å². The van der Waals surface area contributed by atoms with Crippen LogP contribution in [0.1, 0.15) is 5.69 Å². The third-order valence-corrected chi connectivity index (χ3v) is 2.94. The van der Waals surface area contributed by atoms with Crippen molar-refractivity contribution < 1.29 is 23.4 Å². The molecule has 10 heteroatoms. The Morgan fingerprint density at radius 3 is 2.52 bits per heavy atom. The minimum Gasteiger partial charge on any atom is -0.508 e. The zero-order valence-corrected chi connectivity index (χ0v) is 12.3. The standard InChI is InChI=1S/C13H12ClF3N4O2/c14-8-5-7(23)1-2-9(8)19-11-6-10(13(15,16)17)20-12(21-11)18-3-4-22/h1-2,5-6,22-23H,3-4H2,(H2,18,19,20,21). The molecule has 0 atom stereocenters. The molecule has 1 aromatic heterocycles. The van der Waals surface area contributed by atoms with Crippen molar-refractivity contribution >= 4 is 29.1 Å². The second-order valence-corrected chi connectivity index (χ2v) is 4.81. The van der Waals surface area contributed by atoms with Gasteiger partial charge in [-0.2, -0.15) is 18.2 Å². The molecule has 0 fully saturated rings. The maximum Gasteiger partial charge on any atom is 0.433 e. The minimum atomic E-state index is -4.66. The van der Waals surface area contributed by atoms with E-state index in [2.05, 4.69) is 20.6 Å². The first-order chi connectivity index (χ1) is 10.8. The van der Waals surface area contributed by atoms with Crippen molar-refractivity contribution in [2.75, 3.05) is 23.8 Å². The zero-order chi connectivity index (χ0) is 17.0. The Kier molecular flexibility index (Phi) is 5.12. The first-order valence-electron chi connectivity index (χ1n) is 6.36. The van der Waals surface area contributed by atoms with Crippen LogP contribution in [0.5, 0.6) is 5.75 Å². The largest absolute Gasteiger partial charge is 0.508 e. The smallest absolute Gasteiger partial charge is 0.433 e. The lowest BCUT2D eigenvalue weighted by atomic mass is 10.3. The number of hydrogen-bond acceptors (Lipinski definition) is 6. The van der Waals surface area contributed by atoms with E-state index in [1.54, 1.807) is 0 Å². The summed E-state index contributed by atoms with van der Waals surface area (Å²) in [4.78, 5) is 7.23. The normalized spacial score (nSPS) is 11.3. The SMILES string of the molecule is OCCNc1nc(Nc2ccc(O)cc2Cl)cc(C(F)(F)F)n1. The number of aliphatic hydroxyl groups is 1. The van der Waals surface area contributed by atoms with Gasteiger partial charge in [0.15, 0.2) is 5.69 Å². The lowest BCUT2D eigenvalue weighted by Crippen LogP contribution is -2.15. The first kappa shape index (κ1) is 17.1. The highest BCUT2D eigenvalue weighted by Gasteiger charge is 2.33. The summed E-state index contributed by atoms with van der Waals surface area (Å²) in [6.07, 6.45) is -4.66. The number of nitrogens with one attached hydrogen (secondary N) is 2. The van der Waals surface area contributed by atoms with Gasteiger partial charge in [0.25, 0.3) is 0 Å². The molecule has 124 valence electrons. The molecule has 0 amide bonds. The summed E-state index contributed by atoms with van der Waals surface area (Å²) in [5, 5.41) is 23.2. The predicted molar refractivity (Wildman–Crippen MR) is 79.0 cm³/mol. The lowest BCUT2D eigenvalue weighted by molar-refractivity contribution is -0.141. The van der Waals surface area contributed by atoms with E-state index in [1.165, 1.54) is 18.2 Å². The van der Waals surface area contributed by atoms with Gasteiger partial charge < -0.3 is 20.8 Å². The van der Waals surface area contributed by atoms with Gasteiger partial charge in [0.05, 0.1) is 17.3 Å². The third-order valence-electron chi connectivity index (χ3n) is 2.63. The Hall–Kier alpha value is -2.26. The Morgan fingerprint density at radius 1 is 1.17 bits per heavy atom. The molecule has 0 saturated carbocycles. The molecule has 23 heavy (non-hydrogen) atoms. The van der Waals surface area contributed by atoms with Crippen LogP contribution in [-0.2, 0) is 6.18 Å². The summed E-state index contributed by atoms with van der Waals surface area (Å²) in [7, 11) is 0. The fraction of sp³-hybridized carbons (Fsp3) is 0.231. The molecule has 2 rings (SSSR count). The second kappa shape index (κ2) is 6.88. The van der Waals surface area contributed by atoms with Gasteiger partial charge in [-0.3, -0.25) is 0 Å². The van der Waals surface area contributed by atoms with Crippen molar-refractivity contribution in [3.05, 3.63) is 35.0 Å². The molecule has 2 aromatic rings. The summed E-state index contributed by atoms with van der Waals surface area (Å²) in [5.74, 6) is -0.504. The summed E-state index contributed by atoms with van der Waals surface area (Å²) in [6.45, 7) is -0.285. The maximum atomic E-state index is 12.9. The van der Waals surface area contributed by atoms with E-state index in [9.17, 15) is 18.3 Å². The number of nitrogens with zero attached hydrogens (tertiary/aromatic N) is 2. The van der Waals surface area contributed by atoms with E-state index in [0.717, 1.165) is 6.07 Å². The van der Waals surface area contributed by atoms with Gasteiger partial charge in [0.2, 0.25) is 5.95 Å². The average molecular weight is 349 g/mol. The quantitative estimate of drug-likeness (QED) is 0.621. The number of aromatic nitrogens is 2. The van der Waals surface area contributed by atoms with Gasteiger partial charge in [0.1, 0.15) is 11.6 Å². The molecule has 0 saturated heterocycles. The monoisotopic (exact) mass is 348 g/mol. The Balaban J connectivity index is 2.36. The number of phenols is 1. The van der Waals surface area contributed by atoms with Crippen molar-refractivity contribution in [2.24, 2.45) is 0 Å². The fourth-order valence-electron chi connectivity index (χ4n) is 1.65. The average Bonchev–Trinajstić information content (AvgIpc) is 2.47. The Bertz CT molecular complexity index is 697. The Morgan fingerprint density at radius 2 is 1.91 bits per heavy atom. The van der Waals surface area contributed by atoms with Crippen LogP contribution >= 0.6 is 11.6 Å². The van der Waals surface area contributed by atoms with Crippen LogP contribution in [0, 0.1) is 0 Å². The molecule has 6 nitrogen and oxygen atoms in total. The van der Waals surface area contributed by atoms with Crippen LogP contribution in [0.15, 0.2) is 24.3 Å². The highest BCUT2D eigenvalue weighted by molar-refractivity contribution is 6.33. The number of aliphatic hydroxyl groups excluding tert-OH is 1. The molecule has 0 aliphatic rings. The second-order valence-electron chi connectivity index (χ2n) is 4.40. The van der Waals surface area contributed by atoms with E-state index in [4.69, 9.17) is 16.7 Å². The maximum absolute atomic E-state index is 12.9. The zero-order valence-electron chi connectivity index (χ0n) is 11.5. The molecule has 4 N–H and O–H groups in total. The van der Waals surface area contributed by atoms with Crippen molar-refractivity contribution in [1.82, 2.24) is 9.97 Å². The van der Waals surface area contributed by atoms with E-state index < -0.39 is 11.9 Å². The summed E-state index contributed by atoms with van der Waals surface area (Å²) in [6, 6.07) is 4.69. The number of alkyl halides is 3. The summed E-state index contributed by atoms with van der Waals surface area (Å²) >= 11 is 5.90. The minimum absolute atomic E-state index is 0.000710. The highest BCUT2D eigenvalue weighted by atomic mass is 35.5. The molecule has 0 unspecified atom stereocenters. The van der Waals surface area contributed by atoms with Crippen molar-refractivity contribution in [1.29, 1.82) is 0 Å². The van der Waals surface area contributed by atoms with Crippen LogP contribution < -0.4 is 10.6 Å². The molecule has 0 radical (unpaired) electrons. The number of hydrogen-bond donors (Lipinski definition) is 4. The molecular formula is C13H12ClF3N4O2. The van der Waals surface area contributed by atoms with Crippen LogP contribution in [-0.4, -0.2) is 33.3 Å². The van der Waals surface area contributed by atoms with Gasteiger partial charge in [-0.15, -0.1) is 0 Å². The van der Waals surface area contributed by atoms with Gasteiger partial charge >= 0.3 is 6.18 Å². The van der Waals surface area contributed by atoms with Crippen molar-refractivity contribution in [2.45, 2.75) is 6.18 Å². The lowest BCUT2D eigenvalue weighted by Gasteiger charge is -2.13. The number of halogens is 4. The molecule has 0 bridgehead atoms. The summed E-state index contributed by atoms with van der Waals surface area (Å²) < 4.78 is 38.7. The van der Waals surface area contributed by atoms with Crippen molar-refractivity contribution in [3.8, 4) is 5.75 Å². The fourth-order valence-corrected chi connectivity index (χ4v) is 1.87. The molecule has 0 spiro atoms. The third kappa shape index (κ3) is 4.60. The number of aromatic hydroxyl groups is 1. The number of rotatable bonds is 5. The topological polar surface area (TPSA) is 90.3 Å². The highest BCUT2D eigenvalue weighted by Crippen LogP contribution is 2.32. The van der Waals surface area contributed by atoms with Gasteiger partial charge in [-0.25, -0.2) is 4.98 Å². The van der Waals surface area contributed by atoms with Gasteiger partial charge in [-0.1, -0.05) is 11.6 Å².